The number of ether oxygens (including phenoxy) is 11. The Morgan fingerprint density at radius 1 is 0.436 bits per heavy atom. The molecule has 4 heterocycles. The van der Waals surface area contributed by atoms with Crippen LogP contribution in [0.4, 0.5) is 0 Å². The molecule has 0 bridgehead atoms. The summed E-state index contributed by atoms with van der Waals surface area (Å²) >= 11 is 0. The van der Waals surface area contributed by atoms with Crippen molar-refractivity contribution in [1.29, 1.82) is 0 Å². The van der Waals surface area contributed by atoms with Crippen LogP contribution in [0.15, 0.2) is 0 Å². The van der Waals surface area contributed by atoms with Crippen LogP contribution in [-0.2, 0) is 71.3 Å². The summed E-state index contributed by atoms with van der Waals surface area (Å²) in [6.07, 6.45) is -19.5. The second kappa shape index (κ2) is 35.4. The van der Waals surface area contributed by atoms with Crippen LogP contribution in [0.25, 0.3) is 0 Å². The number of rotatable bonds is 35. The number of hydrogen-bond donors (Lipinski definition) is 8. The number of carbonyl (C=O) groups excluding carboxylic acids is 4. The fourth-order valence-electron chi connectivity index (χ4n) is 10.1. The van der Waals surface area contributed by atoms with Crippen LogP contribution in [0.2, 0.25) is 0 Å². The van der Waals surface area contributed by atoms with Gasteiger partial charge in [0.2, 0.25) is 0 Å². The lowest BCUT2D eigenvalue weighted by Crippen LogP contribution is -2.68. The van der Waals surface area contributed by atoms with E-state index in [1.54, 1.807) is 27.7 Å². The van der Waals surface area contributed by atoms with E-state index >= 15 is 0 Å². The molecule has 4 saturated heterocycles. The van der Waals surface area contributed by atoms with Crippen LogP contribution >= 0.6 is 0 Å². The average Bonchev–Trinajstić information content (AvgIpc) is 3.42. The zero-order valence-corrected chi connectivity index (χ0v) is 47.1. The van der Waals surface area contributed by atoms with E-state index in [4.69, 9.17) is 52.1 Å². The van der Waals surface area contributed by atoms with Crippen LogP contribution in [0.3, 0.4) is 0 Å². The second-order valence-corrected chi connectivity index (χ2v) is 21.4. The van der Waals surface area contributed by atoms with Crippen molar-refractivity contribution < 1.29 is 112 Å². The average molecular weight is 1130 g/mol. The summed E-state index contributed by atoms with van der Waals surface area (Å²) < 4.78 is 68.2. The molecule has 4 fully saturated rings. The molecule has 0 aromatic rings. The lowest BCUT2D eigenvalue weighted by molar-refractivity contribution is -0.397. The van der Waals surface area contributed by atoms with Crippen molar-refractivity contribution in [3.63, 3.8) is 0 Å². The monoisotopic (exact) mass is 1120 g/mol. The van der Waals surface area contributed by atoms with Crippen LogP contribution in [0, 0.1) is 0 Å². The van der Waals surface area contributed by atoms with Gasteiger partial charge in [-0.05, 0) is 59.3 Å². The molecule has 0 saturated carbocycles. The predicted molar refractivity (Wildman–Crippen MR) is 276 cm³/mol. The molecule has 4 aliphatic rings. The Balaban J connectivity index is 1.82. The summed E-state index contributed by atoms with van der Waals surface area (Å²) in [5.41, 5.74) is 0. The third kappa shape index (κ3) is 20.7. The molecule has 8 N–H and O–H groups in total. The number of carbonyl (C=O) groups is 4. The Hall–Kier alpha value is -2.56. The zero-order chi connectivity index (χ0) is 57.5. The van der Waals surface area contributed by atoms with Gasteiger partial charge >= 0.3 is 17.9 Å². The van der Waals surface area contributed by atoms with E-state index in [9.17, 15) is 60.0 Å². The minimum Gasteiger partial charge on any atom is -0.456 e. The molecule has 454 valence electrons. The first-order chi connectivity index (χ1) is 37.3. The topological polar surface area (TPSA) is 332 Å². The number of esters is 3. The van der Waals surface area contributed by atoms with E-state index in [0.29, 0.717) is 38.5 Å². The predicted octanol–water partition coefficient (Wildman–Crippen LogP) is 3.21. The third-order valence-corrected chi connectivity index (χ3v) is 14.7. The summed E-state index contributed by atoms with van der Waals surface area (Å²) in [7, 11) is 0. The van der Waals surface area contributed by atoms with Gasteiger partial charge in [0, 0.05) is 25.7 Å². The molecule has 0 aromatic carbocycles. The van der Waals surface area contributed by atoms with Gasteiger partial charge in [0.05, 0.1) is 31.5 Å². The van der Waals surface area contributed by atoms with Crippen molar-refractivity contribution in [2.24, 2.45) is 0 Å². The number of hydrogen-bond acceptors (Lipinski definition) is 23. The first-order valence-electron chi connectivity index (χ1n) is 28.9. The molecule has 0 amide bonds. The second-order valence-electron chi connectivity index (χ2n) is 21.4. The Labute approximate surface area is 460 Å². The van der Waals surface area contributed by atoms with E-state index in [1.165, 1.54) is 13.8 Å². The Bertz CT molecular complexity index is 1730. The van der Waals surface area contributed by atoms with Gasteiger partial charge in [0.1, 0.15) is 66.8 Å². The van der Waals surface area contributed by atoms with Crippen molar-refractivity contribution in [3.05, 3.63) is 0 Å². The van der Waals surface area contributed by atoms with Gasteiger partial charge in [-0.1, -0.05) is 98.3 Å². The summed E-state index contributed by atoms with van der Waals surface area (Å²) in [6.45, 7) is 10.4. The highest BCUT2D eigenvalue weighted by molar-refractivity contribution is 5.75. The molecule has 23 nitrogen and oxygen atoms in total. The van der Waals surface area contributed by atoms with Crippen LogP contribution in [-0.4, -0.2) is 207 Å². The molecule has 23 heteroatoms. The van der Waals surface area contributed by atoms with Gasteiger partial charge in [-0.3, -0.25) is 14.4 Å². The summed E-state index contributed by atoms with van der Waals surface area (Å²) in [4.78, 5) is 51.8. The van der Waals surface area contributed by atoms with Crippen LogP contribution in [0.5, 0.6) is 0 Å². The minimum absolute atomic E-state index is 0.0473. The highest BCUT2D eigenvalue weighted by Gasteiger charge is 2.58. The number of aliphatic hydroxyl groups excluding tert-OH is 8. The molecule has 21 unspecified atom stereocenters. The molecular weight excluding hydrogens is 1030 g/mol. The van der Waals surface area contributed by atoms with Gasteiger partial charge < -0.3 is 97.8 Å². The number of Topliss-reactive ketones (excluding diaryl/α,β-unsaturated/α-hetero) is 1. The molecule has 0 aliphatic carbocycles. The third-order valence-electron chi connectivity index (χ3n) is 14.7. The fraction of sp³-hybridized carbons (Fsp3) is 0.927. The van der Waals surface area contributed by atoms with Crippen molar-refractivity contribution >= 4 is 23.7 Å². The van der Waals surface area contributed by atoms with Crippen molar-refractivity contribution in [3.8, 4) is 0 Å². The highest BCUT2D eigenvalue weighted by atomic mass is 16.8. The van der Waals surface area contributed by atoms with E-state index in [2.05, 4.69) is 6.92 Å². The van der Waals surface area contributed by atoms with Gasteiger partial charge in [-0.2, -0.15) is 0 Å². The SMILES string of the molecule is CCCCCCCCCC(CCCCCCCC(C)=O)OC1OC(CO)C(O)C(O)C1OC1OC(COC2OC(C)C(O)C(O)C2O)C(OC(=O)CCC)C(OC(=O)CCC)C1OC1OC(C)C(O)C(OC(=O)CCC)C1O. The normalized spacial score (nSPS) is 35.7. The van der Waals surface area contributed by atoms with E-state index in [0.717, 1.165) is 77.0 Å². The van der Waals surface area contributed by atoms with E-state index in [-0.39, 0.29) is 25.0 Å². The van der Waals surface area contributed by atoms with Gasteiger partial charge in [-0.25, -0.2) is 0 Å². The lowest BCUT2D eigenvalue weighted by atomic mass is 9.95. The molecule has 4 aliphatic heterocycles. The first kappa shape index (κ1) is 67.9. The minimum atomic E-state index is -1.93. The molecule has 78 heavy (non-hydrogen) atoms. The summed E-state index contributed by atoms with van der Waals surface area (Å²) in [5, 5.41) is 89.0. The maximum atomic E-state index is 13.8. The Kier molecular flexibility index (Phi) is 30.9. The number of aliphatic hydroxyl groups is 8. The fourth-order valence-corrected chi connectivity index (χ4v) is 10.1. The summed E-state index contributed by atoms with van der Waals surface area (Å²) in [6, 6.07) is 0. The lowest BCUT2D eigenvalue weighted by Gasteiger charge is -2.50. The summed E-state index contributed by atoms with van der Waals surface area (Å²) in [5.74, 6) is -2.20. The standard InChI is InChI=1S/C55H96O23/c1-8-12-13-14-15-18-21-27-34(28-22-19-16-17-20-26-31(5)57)71-54-49(44(65)42(63)35(29-56)72-54)77-55-51(78-53-46(67)48(41(62)33(7)70-53)75-38(59)24-10-3)50(76-39(60)25-11-4)47(74-37(58)23-9-2)36(73-55)30-68-52-45(66)43(64)40(61)32(6)69-52/h32-36,40-56,61-67H,8-30H2,1-7H3. The van der Waals surface area contributed by atoms with Crippen molar-refractivity contribution in [1.82, 2.24) is 0 Å². The van der Waals surface area contributed by atoms with Gasteiger partial charge in [0.15, 0.2) is 49.6 Å². The Morgan fingerprint density at radius 3 is 1.50 bits per heavy atom. The van der Waals surface area contributed by atoms with E-state index < -0.39 is 160 Å². The van der Waals surface area contributed by atoms with Crippen LogP contribution in [0.1, 0.15) is 183 Å². The van der Waals surface area contributed by atoms with Gasteiger partial charge in [0.25, 0.3) is 0 Å². The molecule has 0 aromatic heterocycles. The molecular formula is C55H96O23. The molecule has 0 spiro atoms. The molecule has 0 radical (unpaired) electrons. The number of ketones is 1. The largest absolute Gasteiger partial charge is 0.456 e. The highest BCUT2D eigenvalue weighted by Crippen LogP contribution is 2.38. The maximum absolute atomic E-state index is 13.8. The molecule has 21 atom stereocenters. The van der Waals surface area contributed by atoms with Crippen molar-refractivity contribution in [2.75, 3.05) is 13.2 Å². The first-order valence-corrected chi connectivity index (χ1v) is 28.9. The zero-order valence-electron chi connectivity index (χ0n) is 47.1. The Morgan fingerprint density at radius 2 is 0.936 bits per heavy atom. The smallest absolute Gasteiger partial charge is 0.306 e. The molecule has 4 rings (SSSR count). The maximum Gasteiger partial charge on any atom is 0.306 e. The van der Waals surface area contributed by atoms with Gasteiger partial charge in [-0.15, -0.1) is 0 Å². The quantitative estimate of drug-likeness (QED) is 0.0257. The van der Waals surface area contributed by atoms with E-state index in [1.807, 2.05) is 0 Å². The van der Waals surface area contributed by atoms with Crippen LogP contribution < -0.4 is 0 Å². The number of unbranched alkanes of at least 4 members (excludes halogenated alkanes) is 10. The van der Waals surface area contributed by atoms with Crippen molar-refractivity contribution in [2.45, 2.75) is 312 Å².